The van der Waals surface area contributed by atoms with Crippen LogP contribution in [0.2, 0.25) is 0 Å². The van der Waals surface area contributed by atoms with Gasteiger partial charge in [-0.2, -0.15) is 0 Å². The average Bonchev–Trinajstić information content (AvgIpc) is 1.49. The quantitative estimate of drug-likeness (QED) is 0.113. The standard InChI is InChI=1S/C62H40N6.C50H30N4/c1-7-19-43(20-8-1)65(44-21-9-2-10-22-44)49-37-55-61(63-39-49)59-51-33-31-42-36-54-60(52-34-32-41(57(51)58(42)52)35-53(59)67(55)47-27-15-5-16-28-47)62-56(68(54)48-29-17-6-18-30-48)38-50(40-64-62)66(45-23-11-3-12-24-45)46-25-13-4-14-26-46;1-5-13-31(14-6-1)35-27-43-49(51-29-35)47-39-23-21-34-26-42-48(40-24-22-33(45(39)46(34)40)25-41(47)53(43)37-17-9-3-10-18-37)50-44(54(42)38-19-11-4-12-20-38)28-36(30-52-50)32-15-7-2-8-16-32/h1-40H;1-30H. The average molecular weight is 1560 g/mol. The van der Waals surface area contributed by atoms with Crippen molar-refractivity contribution in [2.24, 2.45) is 0 Å². The Kier molecular flexibility index (Phi) is 15.5. The highest BCUT2D eigenvalue weighted by atomic mass is 15.2. The van der Waals surface area contributed by atoms with Crippen molar-refractivity contribution < 1.29 is 0 Å². The maximum absolute atomic E-state index is 5.42. The molecule has 0 unspecified atom stereocenters. The summed E-state index contributed by atoms with van der Waals surface area (Å²) in [7, 11) is 0. The number of nitrogens with zero attached hydrogens (tertiary/aromatic N) is 10. The molecule has 8 heterocycles. The number of benzene rings is 18. The molecule has 10 nitrogen and oxygen atoms in total. The van der Waals surface area contributed by atoms with E-state index in [9.17, 15) is 0 Å². The maximum atomic E-state index is 5.42. The fraction of sp³-hybridized carbons (Fsp3) is 0. The lowest BCUT2D eigenvalue weighted by atomic mass is 9.90. The molecule has 10 heteroatoms. The van der Waals surface area contributed by atoms with Gasteiger partial charge in [0, 0.05) is 90.6 Å². The molecule has 26 aromatic rings. The SMILES string of the molecule is c1ccc(-c2cnc3c4c5ccc6cc7c(c8ccc(cc4n(-c4ccccc4)c3c2)c5c68)c2ncc(-c3ccccc3)cc2n7-c2ccccc2)cc1.c1ccc(N(c2ccccc2)c2cnc3c4c5ccc6cc7c(c8ccc(cc4n(-c4ccccc4)c3c2)c5c68)c2ncc(N(c3ccccc3)c3ccccc3)cc2n7-c2ccccc2)cc1. The van der Waals surface area contributed by atoms with Crippen LogP contribution in [-0.4, -0.2) is 38.2 Å². The lowest BCUT2D eigenvalue weighted by molar-refractivity contribution is 1.17. The molecule has 0 aliphatic carbocycles. The van der Waals surface area contributed by atoms with E-state index in [0.29, 0.717) is 0 Å². The van der Waals surface area contributed by atoms with Gasteiger partial charge >= 0.3 is 0 Å². The van der Waals surface area contributed by atoms with E-state index >= 15 is 0 Å². The van der Waals surface area contributed by atoms with E-state index in [1.54, 1.807) is 0 Å². The van der Waals surface area contributed by atoms with E-state index in [-0.39, 0.29) is 0 Å². The minimum absolute atomic E-state index is 0.966. The fourth-order valence-corrected chi connectivity index (χ4v) is 19.8. The van der Waals surface area contributed by atoms with Gasteiger partial charge in [-0.05, 0) is 221 Å². The Hall–Kier alpha value is -16.6. The number of fused-ring (bicyclic) bond motifs is 16. The Labute approximate surface area is 700 Å². The lowest BCUT2D eigenvalue weighted by Crippen LogP contribution is -2.10. The fourth-order valence-electron chi connectivity index (χ4n) is 19.8. The molecule has 568 valence electrons. The van der Waals surface area contributed by atoms with Gasteiger partial charge in [-0.25, -0.2) is 0 Å². The Morgan fingerprint density at radius 2 is 0.385 bits per heavy atom. The maximum Gasteiger partial charge on any atom is 0.0971 e. The molecule has 0 spiro atoms. The first kappa shape index (κ1) is 68.6. The van der Waals surface area contributed by atoms with Crippen LogP contribution in [0.5, 0.6) is 0 Å². The second-order valence-corrected chi connectivity index (χ2v) is 31.7. The molecular weight excluding hydrogens is 1490 g/mol. The first-order valence-electron chi connectivity index (χ1n) is 41.5. The molecule has 0 amide bonds. The van der Waals surface area contributed by atoms with Crippen LogP contribution in [0.3, 0.4) is 0 Å². The largest absolute Gasteiger partial charge is 0.309 e. The molecule has 0 atom stereocenters. The van der Waals surface area contributed by atoms with Gasteiger partial charge in [0.2, 0.25) is 0 Å². The number of rotatable bonds is 12. The molecule has 0 fully saturated rings. The summed E-state index contributed by atoms with van der Waals surface area (Å²) >= 11 is 0. The summed E-state index contributed by atoms with van der Waals surface area (Å²) in [4.78, 5) is 25.9. The first-order valence-corrected chi connectivity index (χ1v) is 41.5. The summed E-state index contributed by atoms with van der Waals surface area (Å²) in [5.41, 5.74) is 28.0. The summed E-state index contributed by atoms with van der Waals surface area (Å²) < 4.78 is 9.56. The zero-order valence-electron chi connectivity index (χ0n) is 65.9. The Morgan fingerprint density at radius 1 is 0.164 bits per heavy atom. The summed E-state index contributed by atoms with van der Waals surface area (Å²) in [6.07, 6.45) is 8.13. The minimum Gasteiger partial charge on any atom is -0.309 e. The van der Waals surface area contributed by atoms with Crippen molar-refractivity contribution in [3.05, 3.63) is 425 Å². The molecule has 0 bridgehead atoms. The van der Waals surface area contributed by atoms with E-state index in [1.807, 2.05) is 24.8 Å². The van der Waals surface area contributed by atoms with Gasteiger partial charge in [0.15, 0.2) is 0 Å². The molecular formula is C112H70N10. The van der Waals surface area contributed by atoms with Gasteiger partial charge in [0.1, 0.15) is 0 Å². The normalized spacial score (nSPS) is 11.9. The number of pyridine rings is 4. The number of hydrogen-bond acceptors (Lipinski definition) is 6. The highest BCUT2D eigenvalue weighted by Gasteiger charge is 2.29. The zero-order chi connectivity index (χ0) is 80.0. The first-order chi connectivity index (χ1) is 60.6. The van der Waals surface area contributed by atoms with Crippen LogP contribution < -0.4 is 9.80 Å². The molecule has 0 aliphatic heterocycles. The van der Waals surface area contributed by atoms with Crippen molar-refractivity contribution in [2.45, 2.75) is 0 Å². The Balaban J connectivity index is 0.000000138. The van der Waals surface area contributed by atoms with Crippen LogP contribution in [0.25, 0.3) is 197 Å². The zero-order valence-corrected chi connectivity index (χ0v) is 65.9. The summed E-state index contributed by atoms with van der Waals surface area (Å²) in [5, 5.41) is 19.2. The minimum atomic E-state index is 0.966. The molecule has 122 heavy (non-hydrogen) atoms. The van der Waals surface area contributed by atoms with Crippen LogP contribution in [0.15, 0.2) is 425 Å². The Morgan fingerprint density at radius 3 is 0.639 bits per heavy atom. The summed E-state index contributed by atoms with van der Waals surface area (Å²) in [6.45, 7) is 0. The monoisotopic (exact) mass is 1550 g/mol. The van der Waals surface area contributed by atoms with Crippen molar-refractivity contribution in [1.29, 1.82) is 0 Å². The summed E-state index contributed by atoms with van der Waals surface area (Å²) in [6, 6.07) is 143. The Bertz CT molecular complexity index is 8000. The van der Waals surface area contributed by atoms with Gasteiger partial charge in [-0.1, -0.05) is 255 Å². The van der Waals surface area contributed by atoms with Crippen molar-refractivity contribution in [3.8, 4) is 45.0 Å². The predicted octanol–water partition coefficient (Wildman–Crippen LogP) is 29.4. The van der Waals surface area contributed by atoms with Gasteiger partial charge in [-0.15, -0.1) is 0 Å². The van der Waals surface area contributed by atoms with Gasteiger partial charge in [-0.3, -0.25) is 19.9 Å². The molecule has 0 saturated carbocycles. The third kappa shape index (κ3) is 10.6. The van der Waals surface area contributed by atoms with Crippen LogP contribution in [0.1, 0.15) is 0 Å². The second-order valence-electron chi connectivity index (χ2n) is 31.7. The van der Waals surface area contributed by atoms with Crippen molar-refractivity contribution in [3.63, 3.8) is 0 Å². The second kappa shape index (κ2) is 27.5. The number of aromatic nitrogens is 8. The third-order valence-electron chi connectivity index (χ3n) is 24.9. The molecule has 8 aromatic heterocycles. The van der Waals surface area contributed by atoms with E-state index in [0.717, 1.165) is 156 Å². The molecule has 0 saturated heterocycles. The molecule has 0 N–H and O–H groups in total. The van der Waals surface area contributed by atoms with Crippen LogP contribution in [0, 0.1) is 0 Å². The van der Waals surface area contributed by atoms with E-state index in [4.69, 9.17) is 19.9 Å². The summed E-state index contributed by atoms with van der Waals surface area (Å²) in [5.74, 6) is 0. The van der Waals surface area contributed by atoms with Crippen molar-refractivity contribution in [1.82, 2.24) is 38.2 Å². The molecule has 26 rings (SSSR count). The number of anilines is 6. The van der Waals surface area contributed by atoms with E-state index in [1.165, 1.54) is 75.4 Å². The predicted molar refractivity (Wildman–Crippen MR) is 509 cm³/mol. The van der Waals surface area contributed by atoms with Crippen molar-refractivity contribution in [2.75, 3.05) is 9.80 Å². The van der Waals surface area contributed by atoms with Crippen molar-refractivity contribution >= 4 is 187 Å². The topological polar surface area (TPSA) is 77.8 Å². The number of hydrogen-bond donors (Lipinski definition) is 0. The van der Waals surface area contributed by atoms with Gasteiger partial charge < -0.3 is 28.1 Å². The third-order valence-corrected chi connectivity index (χ3v) is 24.9. The molecule has 0 aliphatic rings. The van der Waals surface area contributed by atoms with Crippen LogP contribution in [-0.2, 0) is 0 Å². The highest BCUT2D eigenvalue weighted by molar-refractivity contribution is 6.39. The van der Waals surface area contributed by atoms with Crippen LogP contribution >= 0.6 is 0 Å². The van der Waals surface area contributed by atoms with Gasteiger partial charge in [0.05, 0.1) is 90.0 Å². The molecule has 0 radical (unpaired) electrons. The van der Waals surface area contributed by atoms with E-state index < -0.39 is 0 Å². The highest BCUT2D eigenvalue weighted by Crippen LogP contribution is 2.51. The molecule has 18 aromatic carbocycles. The lowest BCUT2D eigenvalue weighted by Gasteiger charge is -2.25. The van der Waals surface area contributed by atoms with Gasteiger partial charge in [0.25, 0.3) is 0 Å². The smallest absolute Gasteiger partial charge is 0.0971 e. The van der Waals surface area contributed by atoms with Crippen LogP contribution in [0.4, 0.5) is 34.1 Å². The number of para-hydroxylation sites is 8. The van der Waals surface area contributed by atoms with E-state index in [2.05, 4.69) is 428 Å².